The van der Waals surface area contributed by atoms with E-state index in [9.17, 15) is 0 Å². The standard InChI is InChI=1S/C12H11BrN2O/c13-10-3-1-2-9(6-10)12-11-7-16-5-4-15(11)8-14-12/h1-3,6,8H,4-5,7H2. The maximum atomic E-state index is 5.47. The third-order valence-corrected chi connectivity index (χ3v) is 3.25. The van der Waals surface area contributed by atoms with E-state index >= 15 is 0 Å². The molecule has 16 heavy (non-hydrogen) atoms. The predicted molar refractivity (Wildman–Crippen MR) is 65.0 cm³/mol. The molecule has 0 bridgehead atoms. The van der Waals surface area contributed by atoms with Crippen molar-refractivity contribution < 1.29 is 4.74 Å². The Bertz CT molecular complexity index is 521. The first-order valence-electron chi connectivity index (χ1n) is 5.22. The molecule has 1 aliphatic rings. The van der Waals surface area contributed by atoms with E-state index in [0.717, 1.165) is 28.9 Å². The number of ether oxygens (including phenoxy) is 1. The highest BCUT2D eigenvalue weighted by molar-refractivity contribution is 9.10. The van der Waals surface area contributed by atoms with Crippen LogP contribution in [0.5, 0.6) is 0 Å². The molecule has 0 N–H and O–H groups in total. The van der Waals surface area contributed by atoms with E-state index in [-0.39, 0.29) is 0 Å². The summed E-state index contributed by atoms with van der Waals surface area (Å²) in [6.45, 7) is 2.33. The molecule has 0 unspecified atom stereocenters. The van der Waals surface area contributed by atoms with Crippen molar-refractivity contribution in [3.63, 3.8) is 0 Å². The van der Waals surface area contributed by atoms with E-state index in [1.807, 2.05) is 18.5 Å². The molecule has 82 valence electrons. The highest BCUT2D eigenvalue weighted by Crippen LogP contribution is 2.26. The molecule has 4 heteroatoms. The molecule has 0 spiro atoms. The number of hydrogen-bond acceptors (Lipinski definition) is 2. The van der Waals surface area contributed by atoms with E-state index in [0.29, 0.717) is 6.61 Å². The van der Waals surface area contributed by atoms with Crippen LogP contribution in [-0.2, 0) is 17.9 Å². The number of halogens is 1. The van der Waals surface area contributed by atoms with E-state index in [1.165, 1.54) is 5.69 Å². The van der Waals surface area contributed by atoms with Gasteiger partial charge >= 0.3 is 0 Å². The topological polar surface area (TPSA) is 27.1 Å². The molecule has 1 aromatic carbocycles. The van der Waals surface area contributed by atoms with Crippen LogP contribution in [0.4, 0.5) is 0 Å². The molecule has 0 aliphatic carbocycles. The summed E-state index contributed by atoms with van der Waals surface area (Å²) < 4.78 is 8.71. The van der Waals surface area contributed by atoms with Crippen molar-refractivity contribution in [2.24, 2.45) is 0 Å². The Labute approximate surface area is 102 Å². The zero-order valence-corrected chi connectivity index (χ0v) is 10.3. The van der Waals surface area contributed by atoms with Gasteiger partial charge in [-0.15, -0.1) is 0 Å². The van der Waals surface area contributed by atoms with Crippen molar-refractivity contribution in [3.8, 4) is 11.3 Å². The molecule has 0 atom stereocenters. The molecule has 3 rings (SSSR count). The summed E-state index contributed by atoms with van der Waals surface area (Å²) in [4.78, 5) is 4.47. The second-order valence-corrected chi connectivity index (χ2v) is 4.71. The zero-order chi connectivity index (χ0) is 11.0. The van der Waals surface area contributed by atoms with Crippen molar-refractivity contribution in [2.45, 2.75) is 13.2 Å². The van der Waals surface area contributed by atoms with Gasteiger partial charge in [0.15, 0.2) is 0 Å². The third-order valence-electron chi connectivity index (χ3n) is 2.76. The first kappa shape index (κ1) is 10.1. The average molecular weight is 279 g/mol. The lowest BCUT2D eigenvalue weighted by atomic mass is 10.1. The SMILES string of the molecule is Brc1cccc(-c2ncn3c2COCC3)c1. The lowest BCUT2D eigenvalue weighted by Crippen LogP contribution is -2.15. The van der Waals surface area contributed by atoms with Gasteiger partial charge in [-0.05, 0) is 12.1 Å². The van der Waals surface area contributed by atoms with Crippen LogP contribution in [0.3, 0.4) is 0 Å². The van der Waals surface area contributed by atoms with Crippen LogP contribution in [0.2, 0.25) is 0 Å². The molecule has 0 fully saturated rings. The van der Waals surface area contributed by atoms with E-state index in [2.05, 4.69) is 37.6 Å². The Balaban J connectivity index is 2.09. The van der Waals surface area contributed by atoms with Crippen molar-refractivity contribution >= 4 is 15.9 Å². The highest BCUT2D eigenvalue weighted by Gasteiger charge is 2.16. The molecule has 1 aromatic heterocycles. The Morgan fingerprint density at radius 2 is 2.31 bits per heavy atom. The summed E-state index contributed by atoms with van der Waals surface area (Å²) in [5.74, 6) is 0. The summed E-state index contributed by atoms with van der Waals surface area (Å²) in [6, 6.07) is 8.19. The van der Waals surface area contributed by atoms with Crippen LogP contribution >= 0.6 is 15.9 Å². The van der Waals surface area contributed by atoms with Gasteiger partial charge in [0, 0.05) is 16.6 Å². The monoisotopic (exact) mass is 278 g/mol. The fourth-order valence-corrected chi connectivity index (χ4v) is 2.36. The molecule has 0 radical (unpaired) electrons. The third kappa shape index (κ3) is 1.68. The normalized spacial score (nSPS) is 14.8. The Morgan fingerprint density at radius 3 is 3.19 bits per heavy atom. The van der Waals surface area contributed by atoms with E-state index in [4.69, 9.17) is 4.74 Å². The van der Waals surface area contributed by atoms with Crippen LogP contribution in [0.15, 0.2) is 35.1 Å². The minimum absolute atomic E-state index is 0.655. The summed E-state index contributed by atoms with van der Waals surface area (Å²) >= 11 is 3.48. The Hall–Kier alpha value is -1.13. The van der Waals surface area contributed by atoms with Crippen molar-refractivity contribution in [1.29, 1.82) is 0 Å². The molecule has 0 saturated heterocycles. The van der Waals surface area contributed by atoms with Crippen LogP contribution in [0, 0.1) is 0 Å². The highest BCUT2D eigenvalue weighted by atomic mass is 79.9. The van der Waals surface area contributed by atoms with Gasteiger partial charge in [-0.1, -0.05) is 28.1 Å². The lowest BCUT2D eigenvalue weighted by Gasteiger charge is -2.16. The van der Waals surface area contributed by atoms with Gasteiger partial charge in [-0.2, -0.15) is 0 Å². The van der Waals surface area contributed by atoms with Crippen LogP contribution in [0.25, 0.3) is 11.3 Å². The van der Waals surface area contributed by atoms with Crippen molar-refractivity contribution in [1.82, 2.24) is 9.55 Å². The van der Waals surface area contributed by atoms with Gasteiger partial charge in [0.05, 0.1) is 30.9 Å². The minimum Gasteiger partial charge on any atom is -0.373 e. The van der Waals surface area contributed by atoms with Gasteiger partial charge in [-0.25, -0.2) is 4.98 Å². The second kappa shape index (κ2) is 4.03. The fourth-order valence-electron chi connectivity index (χ4n) is 1.96. The quantitative estimate of drug-likeness (QED) is 0.802. The summed E-state index contributed by atoms with van der Waals surface area (Å²) in [5, 5.41) is 0. The zero-order valence-electron chi connectivity index (χ0n) is 8.69. The van der Waals surface area contributed by atoms with Gasteiger partial charge in [0.2, 0.25) is 0 Å². The van der Waals surface area contributed by atoms with Gasteiger partial charge in [0.1, 0.15) is 0 Å². The number of benzene rings is 1. The number of nitrogens with zero attached hydrogens (tertiary/aromatic N) is 2. The molecule has 0 amide bonds. The molecular formula is C12H11BrN2O. The van der Waals surface area contributed by atoms with Crippen LogP contribution < -0.4 is 0 Å². The lowest BCUT2D eigenvalue weighted by molar-refractivity contribution is 0.0854. The summed E-state index contributed by atoms with van der Waals surface area (Å²) in [6.07, 6.45) is 1.90. The minimum atomic E-state index is 0.655. The van der Waals surface area contributed by atoms with Gasteiger partial charge < -0.3 is 9.30 Å². The molecule has 0 saturated carbocycles. The molecule has 3 nitrogen and oxygen atoms in total. The van der Waals surface area contributed by atoms with Crippen LogP contribution in [-0.4, -0.2) is 16.2 Å². The second-order valence-electron chi connectivity index (χ2n) is 3.80. The molecule has 2 heterocycles. The largest absolute Gasteiger partial charge is 0.373 e. The first-order valence-corrected chi connectivity index (χ1v) is 6.01. The first-order chi connectivity index (χ1) is 7.84. The number of hydrogen-bond donors (Lipinski definition) is 0. The van der Waals surface area contributed by atoms with Gasteiger partial charge in [-0.3, -0.25) is 0 Å². The van der Waals surface area contributed by atoms with E-state index < -0.39 is 0 Å². The van der Waals surface area contributed by atoms with Crippen molar-refractivity contribution in [2.75, 3.05) is 6.61 Å². The van der Waals surface area contributed by atoms with Gasteiger partial charge in [0.25, 0.3) is 0 Å². The number of rotatable bonds is 1. The predicted octanol–water partition coefficient (Wildman–Crippen LogP) is 2.84. The number of aromatic nitrogens is 2. The maximum Gasteiger partial charge on any atom is 0.0957 e. The molecule has 2 aromatic rings. The fraction of sp³-hybridized carbons (Fsp3) is 0.250. The number of imidazole rings is 1. The summed E-state index contributed by atoms with van der Waals surface area (Å²) in [5.41, 5.74) is 3.33. The maximum absolute atomic E-state index is 5.47. The average Bonchev–Trinajstić information content (AvgIpc) is 2.72. The number of fused-ring (bicyclic) bond motifs is 1. The Morgan fingerprint density at radius 1 is 1.38 bits per heavy atom. The van der Waals surface area contributed by atoms with E-state index in [1.54, 1.807) is 0 Å². The summed E-state index contributed by atoms with van der Waals surface area (Å²) in [7, 11) is 0. The molecule has 1 aliphatic heterocycles. The molecular weight excluding hydrogens is 268 g/mol. The Kier molecular flexibility index (Phi) is 2.53. The van der Waals surface area contributed by atoms with Crippen LogP contribution in [0.1, 0.15) is 5.69 Å². The smallest absolute Gasteiger partial charge is 0.0957 e. The van der Waals surface area contributed by atoms with Crippen molar-refractivity contribution in [3.05, 3.63) is 40.8 Å².